The van der Waals surface area contributed by atoms with Gasteiger partial charge in [-0.1, -0.05) is 41.9 Å². The van der Waals surface area contributed by atoms with Gasteiger partial charge < -0.3 is 5.32 Å². The van der Waals surface area contributed by atoms with E-state index in [-0.39, 0.29) is 17.4 Å². The van der Waals surface area contributed by atoms with Crippen LogP contribution in [0.3, 0.4) is 0 Å². The van der Waals surface area contributed by atoms with E-state index in [0.29, 0.717) is 29.2 Å². The second-order valence-corrected chi connectivity index (χ2v) is 8.59. The summed E-state index contributed by atoms with van der Waals surface area (Å²) in [7, 11) is 0. The van der Waals surface area contributed by atoms with E-state index in [0.717, 1.165) is 5.56 Å². The molecule has 1 saturated heterocycles. The minimum absolute atomic E-state index is 0.0572. The van der Waals surface area contributed by atoms with Gasteiger partial charge >= 0.3 is 0 Å². The lowest BCUT2D eigenvalue weighted by atomic mass is 10.1. The van der Waals surface area contributed by atoms with E-state index < -0.39 is 17.9 Å². The van der Waals surface area contributed by atoms with Gasteiger partial charge in [-0.25, -0.2) is 5.01 Å². The van der Waals surface area contributed by atoms with Crippen LogP contribution in [0.25, 0.3) is 0 Å². The van der Waals surface area contributed by atoms with Crippen LogP contribution in [0.4, 0.5) is 5.69 Å². The van der Waals surface area contributed by atoms with Crippen molar-refractivity contribution in [3.63, 3.8) is 0 Å². The van der Waals surface area contributed by atoms with Gasteiger partial charge in [0.15, 0.2) is 0 Å². The van der Waals surface area contributed by atoms with Crippen molar-refractivity contribution in [2.24, 2.45) is 0 Å². The van der Waals surface area contributed by atoms with E-state index in [2.05, 4.69) is 15.7 Å². The molecule has 35 heavy (non-hydrogen) atoms. The Balaban J connectivity index is 1.50. The lowest BCUT2D eigenvalue weighted by molar-refractivity contribution is -0.127. The summed E-state index contributed by atoms with van der Waals surface area (Å²) >= 11 is 11.5. The largest absolute Gasteiger partial charge is 0.356 e. The molecule has 10 heteroatoms. The normalized spacial score (nSPS) is 15.3. The fourth-order valence-electron chi connectivity index (χ4n) is 3.64. The number of halogens is 1. The molecule has 1 aromatic heterocycles. The van der Waals surface area contributed by atoms with Crippen LogP contribution in [0.2, 0.25) is 5.02 Å². The smallest absolute Gasteiger partial charge is 0.269 e. The molecule has 0 bridgehead atoms. The molecule has 1 aliphatic heterocycles. The maximum atomic E-state index is 13.4. The zero-order chi connectivity index (χ0) is 24.8. The zero-order valence-electron chi connectivity index (χ0n) is 18.6. The van der Waals surface area contributed by atoms with Crippen molar-refractivity contribution in [1.82, 2.24) is 20.7 Å². The first kappa shape index (κ1) is 24.3. The fourth-order valence-corrected chi connectivity index (χ4v) is 4.14. The minimum Gasteiger partial charge on any atom is -0.356 e. The molecule has 4 rings (SSSR count). The van der Waals surface area contributed by atoms with Gasteiger partial charge in [-0.3, -0.25) is 29.7 Å². The molecule has 1 unspecified atom stereocenters. The number of hydrazine groups is 1. The maximum Gasteiger partial charge on any atom is 0.269 e. The number of nitrogens with zero attached hydrogens (tertiary/aromatic N) is 3. The van der Waals surface area contributed by atoms with Gasteiger partial charge in [0.1, 0.15) is 6.04 Å². The highest BCUT2D eigenvalue weighted by molar-refractivity contribution is 7.80. The summed E-state index contributed by atoms with van der Waals surface area (Å²) in [5.41, 5.74) is 4.59. The van der Waals surface area contributed by atoms with Gasteiger partial charge in [-0.05, 0) is 60.6 Å². The Morgan fingerprint density at radius 1 is 1.00 bits per heavy atom. The summed E-state index contributed by atoms with van der Waals surface area (Å²) in [6.07, 6.45) is 3.44. The standard InChI is InChI=1S/C25H22ClN5O3S/c26-19-6-8-20(9-7-19)30-24(34)21(16-22(32)28-15-10-17-4-2-1-3-5-17)31(25(30)35)29-23(33)18-11-13-27-14-12-18/h1-9,11-14,21H,10,15-16H2,(H,28,32)(H,29,33). The summed E-state index contributed by atoms with van der Waals surface area (Å²) in [6, 6.07) is 18.4. The third-order valence-corrected chi connectivity index (χ3v) is 6.05. The molecule has 1 fully saturated rings. The van der Waals surface area contributed by atoms with Crippen LogP contribution in [0.15, 0.2) is 79.1 Å². The van der Waals surface area contributed by atoms with Gasteiger partial charge in [-0.2, -0.15) is 0 Å². The highest BCUT2D eigenvalue weighted by Gasteiger charge is 2.45. The van der Waals surface area contributed by atoms with E-state index in [9.17, 15) is 14.4 Å². The summed E-state index contributed by atoms with van der Waals surface area (Å²) < 4.78 is 0. The lowest BCUT2D eigenvalue weighted by Gasteiger charge is -2.24. The van der Waals surface area contributed by atoms with Crippen molar-refractivity contribution in [1.29, 1.82) is 0 Å². The Labute approximate surface area is 212 Å². The van der Waals surface area contributed by atoms with Gasteiger partial charge in [0.25, 0.3) is 11.8 Å². The van der Waals surface area contributed by atoms with Crippen molar-refractivity contribution in [2.75, 3.05) is 11.4 Å². The number of amides is 3. The predicted octanol–water partition coefficient (Wildman–Crippen LogP) is 3.13. The maximum absolute atomic E-state index is 13.4. The van der Waals surface area contributed by atoms with Crippen LogP contribution in [0.5, 0.6) is 0 Å². The molecule has 2 N–H and O–H groups in total. The highest BCUT2D eigenvalue weighted by Crippen LogP contribution is 2.27. The second kappa shape index (κ2) is 11.1. The minimum atomic E-state index is -1.01. The van der Waals surface area contributed by atoms with Crippen LogP contribution < -0.4 is 15.6 Å². The Morgan fingerprint density at radius 2 is 1.69 bits per heavy atom. The predicted molar refractivity (Wildman–Crippen MR) is 137 cm³/mol. The van der Waals surface area contributed by atoms with Gasteiger partial charge in [0.2, 0.25) is 11.0 Å². The number of nitrogens with one attached hydrogen (secondary N) is 2. The third-order valence-electron chi connectivity index (χ3n) is 5.42. The summed E-state index contributed by atoms with van der Waals surface area (Å²) in [4.78, 5) is 44.1. The summed E-state index contributed by atoms with van der Waals surface area (Å²) in [6.45, 7) is 0.415. The first-order valence-corrected chi connectivity index (χ1v) is 11.7. The molecule has 0 spiro atoms. The average Bonchev–Trinajstić information content (AvgIpc) is 3.09. The number of hydrogen-bond donors (Lipinski definition) is 2. The number of hydrogen-bond acceptors (Lipinski definition) is 5. The van der Waals surface area contributed by atoms with Crippen molar-refractivity contribution in [3.05, 3.63) is 95.3 Å². The summed E-state index contributed by atoms with van der Waals surface area (Å²) in [5.74, 6) is -1.23. The van der Waals surface area contributed by atoms with Crippen molar-refractivity contribution >= 4 is 52.3 Å². The molecule has 2 heterocycles. The van der Waals surface area contributed by atoms with E-state index in [1.165, 1.54) is 22.3 Å². The topological polar surface area (TPSA) is 94.6 Å². The molecule has 3 aromatic rings. The van der Waals surface area contributed by atoms with E-state index in [4.69, 9.17) is 23.8 Å². The Bertz CT molecular complexity index is 1220. The second-order valence-electron chi connectivity index (χ2n) is 7.78. The molecule has 2 aromatic carbocycles. The van der Waals surface area contributed by atoms with E-state index in [1.807, 2.05) is 30.3 Å². The van der Waals surface area contributed by atoms with Crippen LogP contribution in [0, 0.1) is 0 Å². The molecule has 0 radical (unpaired) electrons. The van der Waals surface area contributed by atoms with Crippen LogP contribution >= 0.6 is 23.8 Å². The van der Waals surface area contributed by atoms with E-state index >= 15 is 0 Å². The number of thiocarbonyl (C=S) groups is 1. The first-order valence-electron chi connectivity index (χ1n) is 10.9. The van der Waals surface area contributed by atoms with E-state index in [1.54, 1.807) is 36.4 Å². The van der Waals surface area contributed by atoms with Crippen molar-refractivity contribution < 1.29 is 14.4 Å². The molecular weight excluding hydrogens is 486 g/mol. The number of carbonyl (C=O) groups is 3. The number of aromatic nitrogens is 1. The molecule has 3 amide bonds. The Morgan fingerprint density at radius 3 is 2.37 bits per heavy atom. The molecule has 1 atom stereocenters. The summed E-state index contributed by atoms with van der Waals surface area (Å²) in [5, 5.41) is 4.67. The lowest BCUT2D eigenvalue weighted by Crippen LogP contribution is -2.50. The number of anilines is 1. The molecule has 178 valence electrons. The fraction of sp³-hybridized carbons (Fsp3) is 0.160. The third kappa shape index (κ3) is 5.82. The SMILES string of the molecule is O=C(CC1C(=O)N(c2ccc(Cl)cc2)C(=S)N1NC(=O)c1ccncc1)NCCc1ccccc1. The monoisotopic (exact) mass is 507 g/mol. The Hall–Kier alpha value is -3.82. The highest BCUT2D eigenvalue weighted by atomic mass is 35.5. The number of carbonyl (C=O) groups excluding carboxylic acids is 3. The van der Waals surface area contributed by atoms with Crippen molar-refractivity contribution in [3.8, 4) is 0 Å². The van der Waals surface area contributed by atoms with Crippen LogP contribution in [0.1, 0.15) is 22.3 Å². The number of benzene rings is 2. The first-order chi connectivity index (χ1) is 16.9. The Kier molecular flexibility index (Phi) is 7.69. The van der Waals surface area contributed by atoms with Crippen LogP contribution in [-0.4, -0.2) is 45.4 Å². The van der Waals surface area contributed by atoms with Gasteiger partial charge in [-0.15, -0.1) is 0 Å². The number of rotatable bonds is 8. The molecular formula is C25H22ClN5O3S. The molecule has 0 aliphatic carbocycles. The molecule has 0 saturated carbocycles. The average molecular weight is 508 g/mol. The van der Waals surface area contributed by atoms with Crippen molar-refractivity contribution in [2.45, 2.75) is 18.9 Å². The number of pyridine rings is 1. The van der Waals surface area contributed by atoms with Gasteiger partial charge in [0, 0.05) is 29.5 Å². The quantitative estimate of drug-likeness (QED) is 0.455. The van der Waals surface area contributed by atoms with Crippen LogP contribution in [-0.2, 0) is 16.0 Å². The zero-order valence-corrected chi connectivity index (χ0v) is 20.1. The molecule has 1 aliphatic rings. The van der Waals surface area contributed by atoms with Gasteiger partial charge in [0.05, 0.1) is 12.1 Å². The molecule has 8 nitrogen and oxygen atoms in total.